The van der Waals surface area contributed by atoms with Crippen LogP contribution in [0.25, 0.3) is 21.8 Å². The summed E-state index contributed by atoms with van der Waals surface area (Å²) in [5.74, 6) is -1.55. The first-order valence-electron chi connectivity index (χ1n) is 13.6. The number of carboxylic acid groups (broad SMARTS) is 1. The number of rotatable bonds is 5. The summed E-state index contributed by atoms with van der Waals surface area (Å²) in [6.07, 6.45) is 4.97. The Bertz CT molecular complexity index is 1960. The average molecular weight is 830 g/mol. The van der Waals surface area contributed by atoms with Crippen LogP contribution in [0.2, 0.25) is 0 Å². The zero-order valence-corrected chi connectivity index (χ0v) is 30.9. The molecular formula is C31H29Br3LiN5O7. The Morgan fingerprint density at radius 1 is 0.766 bits per heavy atom. The molecule has 1 aliphatic rings. The van der Waals surface area contributed by atoms with Crippen molar-refractivity contribution in [2.45, 2.75) is 20.4 Å². The molecule has 0 saturated carbocycles. The molecule has 0 atom stereocenters. The number of carbonyl (C=O) groups excluding carboxylic acids is 2. The molecule has 2 aromatic heterocycles. The average Bonchev–Trinajstić information content (AvgIpc) is 3.72. The van der Waals surface area contributed by atoms with Gasteiger partial charge in [-0.1, -0.05) is 47.8 Å². The Labute approximate surface area is 307 Å². The third-order valence-corrected chi connectivity index (χ3v) is 7.97. The van der Waals surface area contributed by atoms with Crippen LogP contribution in [-0.4, -0.2) is 67.5 Å². The van der Waals surface area contributed by atoms with Gasteiger partial charge >= 0.3 is 36.8 Å². The van der Waals surface area contributed by atoms with Gasteiger partial charge in [0.2, 0.25) is 0 Å². The van der Waals surface area contributed by atoms with Crippen LogP contribution in [0.5, 0.6) is 0 Å². The molecule has 242 valence electrons. The van der Waals surface area contributed by atoms with Crippen LogP contribution in [0, 0.1) is 0 Å². The largest absolute Gasteiger partial charge is 1.00 e. The van der Waals surface area contributed by atoms with E-state index in [9.17, 15) is 14.4 Å². The molecule has 5 aromatic rings. The Morgan fingerprint density at radius 3 is 1.72 bits per heavy atom. The second-order valence-corrected chi connectivity index (χ2v) is 12.3. The Morgan fingerprint density at radius 2 is 1.21 bits per heavy atom. The summed E-state index contributed by atoms with van der Waals surface area (Å²) in [6, 6.07) is 10.8. The van der Waals surface area contributed by atoms with Gasteiger partial charge in [0.25, 0.3) is 0 Å². The third kappa shape index (κ3) is 9.40. The molecule has 0 bridgehead atoms. The van der Waals surface area contributed by atoms with Crippen LogP contribution >= 0.6 is 47.8 Å². The number of aryl methyl sites for hydroxylation is 2. The fourth-order valence-corrected chi connectivity index (χ4v) is 5.95. The normalized spacial score (nSPS) is 10.9. The number of ether oxygens (including phenoxy) is 2. The number of aromatic nitrogens is 4. The zero-order valence-electron chi connectivity index (χ0n) is 26.1. The van der Waals surface area contributed by atoms with Crippen molar-refractivity contribution in [2.75, 3.05) is 13.2 Å². The van der Waals surface area contributed by atoms with Crippen molar-refractivity contribution in [1.29, 1.82) is 0 Å². The summed E-state index contributed by atoms with van der Waals surface area (Å²) >= 11 is 10.0. The molecule has 1 aliphatic heterocycles. The van der Waals surface area contributed by atoms with Gasteiger partial charge in [-0.25, -0.2) is 14.4 Å². The molecule has 12 nitrogen and oxygen atoms in total. The number of carboxylic acids is 1. The minimum Gasteiger partial charge on any atom is -0.870 e. The van der Waals surface area contributed by atoms with E-state index in [0.717, 1.165) is 41.0 Å². The number of halogens is 3. The van der Waals surface area contributed by atoms with Crippen molar-refractivity contribution in [2.24, 2.45) is 19.1 Å². The van der Waals surface area contributed by atoms with Crippen LogP contribution in [0.15, 0.2) is 67.2 Å². The van der Waals surface area contributed by atoms with Crippen molar-refractivity contribution in [1.82, 2.24) is 19.6 Å². The number of carbonyl (C=O) groups is 3. The fraction of sp³-hybridized carbons (Fsp3) is 0.226. The van der Waals surface area contributed by atoms with Gasteiger partial charge in [-0.15, -0.1) is 0 Å². The van der Waals surface area contributed by atoms with E-state index in [2.05, 4.69) is 63.0 Å². The summed E-state index contributed by atoms with van der Waals surface area (Å²) in [5.41, 5.74) is 5.04. The van der Waals surface area contributed by atoms with Gasteiger partial charge in [0.1, 0.15) is 0 Å². The first-order valence-corrected chi connectivity index (χ1v) is 15.9. The molecule has 0 unspecified atom stereocenters. The molecule has 16 heteroatoms. The van der Waals surface area contributed by atoms with Crippen LogP contribution < -0.4 is 18.9 Å². The number of nitrogens with zero attached hydrogens (tertiary/aromatic N) is 5. The van der Waals surface area contributed by atoms with Gasteiger partial charge in [-0.05, 0) is 55.8 Å². The first-order chi connectivity index (χ1) is 21.4. The van der Waals surface area contributed by atoms with Gasteiger partial charge in [0.15, 0.2) is 0 Å². The standard InChI is InChI=1S/C11H11BrN2O2.C11H10BrNO2.C9H7BrN2O2.Li.H2O/c1-3-16-11(15)8-4-7(12)5-10-9(8)6-13-14(10)2;1-2-15-11(14)9-4-8(12)3-7-5-13-6-10(7)9;1-12-8-3-5(10)2-6(9(13)14)7(8)4-11-12;;/h4-6H,3H2,1-2H3;3-4,6H,2,5H2,1H3;2-4H,1H3,(H,13,14);;1H2/q;;;+1;/p-1. The summed E-state index contributed by atoms with van der Waals surface area (Å²) in [7, 11) is 3.62. The van der Waals surface area contributed by atoms with E-state index in [4.69, 9.17) is 14.6 Å². The molecule has 47 heavy (non-hydrogen) atoms. The Balaban J connectivity index is 0.000000240. The quantitative estimate of drug-likeness (QED) is 0.204. The minimum absolute atomic E-state index is 0. The maximum atomic E-state index is 11.7. The van der Waals surface area contributed by atoms with Crippen molar-refractivity contribution in [3.8, 4) is 0 Å². The minimum atomic E-state index is -0.940. The monoisotopic (exact) mass is 827 g/mol. The van der Waals surface area contributed by atoms with Crippen molar-refractivity contribution in [3.63, 3.8) is 0 Å². The van der Waals surface area contributed by atoms with Gasteiger partial charge in [-0.2, -0.15) is 10.2 Å². The van der Waals surface area contributed by atoms with Crippen LogP contribution in [-0.2, 0) is 30.1 Å². The molecular weight excluding hydrogens is 801 g/mol. The van der Waals surface area contributed by atoms with Gasteiger partial charge in [0.05, 0.1) is 59.9 Å². The SMILES string of the molecule is CCOC(=O)c1cc(Br)cc2c1C=NC2.CCOC(=O)c1cc(Br)cc2c1cnn2C.Cn1ncc2c(C(=O)O)cc(Br)cc21.[Li+].[OH-]. The zero-order chi connectivity index (χ0) is 32.8. The Hall–Kier alpha value is -3.32. The number of benzene rings is 3. The molecule has 0 saturated heterocycles. The number of hydrogen-bond acceptors (Lipinski definition) is 9. The third-order valence-electron chi connectivity index (χ3n) is 6.60. The second kappa shape index (κ2) is 17.7. The van der Waals surface area contributed by atoms with E-state index in [-0.39, 0.29) is 41.8 Å². The summed E-state index contributed by atoms with van der Waals surface area (Å²) in [6.45, 7) is 4.98. The molecule has 6 rings (SSSR count). The van der Waals surface area contributed by atoms with E-state index in [1.807, 2.05) is 25.2 Å². The first kappa shape index (κ1) is 39.9. The van der Waals surface area contributed by atoms with Gasteiger partial charge < -0.3 is 20.1 Å². The molecule has 3 aromatic carbocycles. The number of hydrogen-bond donors (Lipinski definition) is 1. The van der Waals surface area contributed by atoms with E-state index < -0.39 is 5.97 Å². The molecule has 0 amide bonds. The van der Waals surface area contributed by atoms with Crippen molar-refractivity contribution in [3.05, 3.63) is 90.0 Å². The van der Waals surface area contributed by atoms with Gasteiger partial charge in [0, 0.05) is 50.1 Å². The molecule has 0 aliphatic carbocycles. The molecule has 3 heterocycles. The summed E-state index contributed by atoms with van der Waals surface area (Å²) < 4.78 is 15.8. The maximum absolute atomic E-state index is 11.7. The molecule has 2 N–H and O–H groups in total. The van der Waals surface area contributed by atoms with E-state index in [1.165, 1.54) is 0 Å². The van der Waals surface area contributed by atoms with E-state index in [0.29, 0.717) is 36.3 Å². The number of aromatic carboxylic acids is 1. The van der Waals surface area contributed by atoms with Crippen molar-refractivity contribution >= 4 is 93.7 Å². The second-order valence-electron chi connectivity index (χ2n) is 9.55. The van der Waals surface area contributed by atoms with Crippen LogP contribution in [0.4, 0.5) is 0 Å². The summed E-state index contributed by atoms with van der Waals surface area (Å²) in [5, 5.41) is 18.6. The summed E-state index contributed by atoms with van der Waals surface area (Å²) in [4.78, 5) is 38.5. The van der Waals surface area contributed by atoms with Crippen LogP contribution in [0.3, 0.4) is 0 Å². The topological polar surface area (TPSA) is 168 Å². The molecule has 0 radical (unpaired) electrons. The number of fused-ring (bicyclic) bond motifs is 3. The van der Waals surface area contributed by atoms with Gasteiger partial charge in [-0.3, -0.25) is 14.4 Å². The number of aliphatic imine (C=N–C) groups is 1. The molecule has 0 spiro atoms. The van der Waals surface area contributed by atoms with E-state index in [1.54, 1.807) is 67.1 Å². The predicted molar refractivity (Wildman–Crippen MR) is 183 cm³/mol. The van der Waals surface area contributed by atoms with Crippen LogP contribution in [0.1, 0.15) is 56.0 Å². The maximum Gasteiger partial charge on any atom is 1.00 e. The fourth-order valence-electron chi connectivity index (χ4n) is 4.55. The van der Waals surface area contributed by atoms with Crippen molar-refractivity contribution < 1.29 is 53.3 Å². The number of esters is 2. The predicted octanol–water partition coefficient (Wildman–Crippen LogP) is 3.93. The smallest absolute Gasteiger partial charge is 0.870 e. The Kier molecular flexibility index (Phi) is 15.0. The van der Waals surface area contributed by atoms with E-state index >= 15 is 0 Å². The molecule has 0 fully saturated rings.